The number of carbonyl (C=O) groups is 1. The molecular formula is C11H15NO2S. The van der Waals surface area contributed by atoms with Crippen LogP contribution in [0.3, 0.4) is 0 Å². The maximum atomic E-state index is 10.7. The first kappa shape index (κ1) is 10.6. The standard InChI is InChI=1S/C11H15NO2S/c1-7(2)10-12-8(6-15-10)11(3-4-11)5-9(13)14/h6-7H,3-5H2,1-2H3,(H,13,14). The van der Waals surface area contributed by atoms with Crippen LogP contribution in [0.1, 0.15) is 49.7 Å². The lowest BCUT2D eigenvalue weighted by Crippen LogP contribution is -2.13. The molecule has 0 aliphatic heterocycles. The second-order valence-corrected chi connectivity index (χ2v) is 5.47. The minimum Gasteiger partial charge on any atom is -0.481 e. The number of hydrogen-bond donors (Lipinski definition) is 1. The predicted octanol–water partition coefficient (Wildman–Crippen LogP) is 2.77. The van der Waals surface area contributed by atoms with Gasteiger partial charge < -0.3 is 5.11 Å². The number of nitrogens with zero attached hydrogens (tertiary/aromatic N) is 1. The van der Waals surface area contributed by atoms with Crippen molar-refractivity contribution in [3.8, 4) is 0 Å². The molecule has 0 bridgehead atoms. The highest BCUT2D eigenvalue weighted by molar-refractivity contribution is 7.09. The molecule has 0 saturated heterocycles. The Morgan fingerprint density at radius 1 is 1.67 bits per heavy atom. The number of aromatic nitrogens is 1. The summed E-state index contributed by atoms with van der Waals surface area (Å²) in [5, 5.41) is 12.0. The monoisotopic (exact) mass is 225 g/mol. The molecule has 1 aliphatic rings. The second-order valence-electron chi connectivity index (χ2n) is 4.58. The summed E-state index contributed by atoms with van der Waals surface area (Å²) in [5.41, 5.74) is 0.869. The Hall–Kier alpha value is -0.900. The first-order valence-corrected chi connectivity index (χ1v) is 6.09. The van der Waals surface area contributed by atoms with Gasteiger partial charge in [-0.1, -0.05) is 13.8 Å². The van der Waals surface area contributed by atoms with E-state index in [0.29, 0.717) is 5.92 Å². The Balaban J connectivity index is 2.18. The Bertz CT molecular complexity index is 380. The van der Waals surface area contributed by atoms with Crippen LogP contribution in [0, 0.1) is 0 Å². The molecule has 2 rings (SSSR count). The smallest absolute Gasteiger partial charge is 0.304 e. The summed E-state index contributed by atoms with van der Waals surface area (Å²) in [6.45, 7) is 4.22. The highest BCUT2D eigenvalue weighted by Gasteiger charge is 2.47. The van der Waals surface area contributed by atoms with E-state index in [1.807, 2.05) is 5.38 Å². The first-order valence-electron chi connectivity index (χ1n) is 5.21. The average Bonchev–Trinajstić information content (AvgIpc) is 2.75. The third-order valence-electron chi connectivity index (χ3n) is 2.90. The summed E-state index contributed by atoms with van der Waals surface area (Å²) in [7, 11) is 0. The van der Waals surface area contributed by atoms with E-state index in [0.717, 1.165) is 23.5 Å². The number of carboxylic acid groups (broad SMARTS) is 1. The van der Waals surface area contributed by atoms with Crippen LogP contribution in [0.5, 0.6) is 0 Å². The SMILES string of the molecule is CC(C)c1nc(C2(CC(=O)O)CC2)cs1. The largest absolute Gasteiger partial charge is 0.481 e. The molecule has 0 atom stereocenters. The van der Waals surface area contributed by atoms with Crippen LogP contribution < -0.4 is 0 Å². The van der Waals surface area contributed by atoms with Gasteiger partial charge in [-0.05, 0) is 12.8 Å². The maximum absolute atomic E-state index is 10.7. The molecule has 0 radical (unpaired) electrons. The molecule has 0 amide bonds. The van der Waals surface area contributed by atoms with Crippen molar-refractivity contribution >= 4 is 17.3 Å². The summed E-state index contributed by atoms with van der Waals surface area (Å²) in [6.07, 6.45) is 2.18. The van der Waals surface area contributed by atoms with E-state index in [-0.39, 0.29) is 11.8 Å². The van der Waals surface area contributed by atoms with Gasteiger partial charge in [0.25, 0.3) is 0 Å². The van der Waals surface area contributed by atoms with E-state index in [1.54, 1.807) is 11.3 Å². The van der Waals surface area contributed by atoms with Gasteiger partial charge in [-0.15, -0.1) is 11.3 Å². The van der Waals surface area contributed by atoms with Crippen LogP contribution in [0.2, 0.25) is 0 Å². The fourth-order valence-electron chi connectivity index (χ4n) is 1.76. The molecule has 15 heavy (non-hydrogen) atoms. The topological polar surface area (TPSA) is 50.2 Å². The second kappa shape index (κ2) is 3.59. The molecule has 1 saturated carbocycles. The normalized spacial score (nSPS) is 18.1. The molecular weight excluding hydrogens is 210 g/mol. The van der Waals surface area contributed by atoms with Crippen molar-refractivity contribution in [2.45, 2.75) is 44.4 Å². The summed E-state index contributed by atoms with van der Waals surface area (Å²) in [4.78, 5) is 15.3. The van der Waals surface area contributed by atoms with Crippen molar-refractivity contribution in [3.63, 3.8) is 0 Å². The van der Waals surface area contributed by atoms with Crippen molar-refractivity contribution in [3.05, 3.63) is 16.1 Å². The van der Waals surface area contributed by atoms with Crippen molar-refractivity contribution in [2.24, 2.45) is 0 Å². The van der Waals surface area contributed by atoms with Crippen molar-refractivity contribution < 1.29 is 9.90 Å². The lowest BCUT2D eigenvalue weighted by molar-refractivity contribution is -0.137. The van der Waals surface area contributed by atoms with E-state index in [4.69, 9.17) is 5.11 Å². The number of thiazole rings is 1. The maximum Gasteiger partial charge on any atom is 0.304 e. The first-order chi connectivity index (χ1) is 7.03. The van der Waals surface area contributed by atoms with Crippen LogP contribution in [0.15, 0.2) is 5.38 Å². The molecule has 1 fully saturated rings. The van der Waals surface area contributed by atoms with Crippen molar-refractivity contribution in [1.82, 2.24) is 4.98 Å². The Morgan fingerprint density at radius 2 is 2.33 bits per heavy atom. The third kappa shape index (κ3) is 2.04. The third-order valence-corrected chi connectivity index (χ3v) is 4.05. The molecule has 82 valence electrons. The van der Waals surface area contributed by atoms with Gasteiger partial charge in [0, 0.05) is 16.7 Å². The minimum absolute atomic E-state index is 0.129. The Morgan fingerprint density at radius 3 is 2.73 bits per heavy atom. The zero-order valence-corrected chi connectivity index (χ0v) is 9.80. The van der Waals surface area contributed by atoms with E-state index in [9.17, 15) is 4.79 Å². The molecule has 1 aromatic heterocycles. The van der Waals surface area contributed by atoms with Gasteiger partial charge in [0.05, 0.1) is 17.1 Å². The zero-order valence-electron chi connectivity index (χ0n) is 8.99. The van der Waals surface area contributed by atoms with Crippen molar-refractivity contribution in [1.29, 1.82) is 0 Å². The minimum atomic E-state index is -0.716. The Kier molecular flexibility index (Phi) is 2.54. The summed E-state index contributed by atoms with van der Waals surface area (Å²) >= 11 is 1.65. The molecule has 1 aromatic rings. The van der Waals surface area contributed by atoms with Crippen LogP contribution >= 0.6 is 11.3 Å². The average molecular weight is 225 g/mol. The summed E-state index contributed by atoms with van der Waals surface area (Å²) in [5.74, 6) is -0.282. The van der Waals surface area contributed by atoms with Gasteiger partial charge in [-0.2, -0.15) is 0 Å². The van der Waals surface area contributed by atoms with Crippen LogP contribution in [-0.2, 0) is 10.2 Å². The quantitative estimate of drug-likeness (QED) is 0.857. The van der Waals surface area contributed by atoms with Gasteiger partial charge in [-0.3, -0.25) is 4.79 Å². The lowest BCUT2D eigenvalue weighted by atomic mass is 9.99. The van der Waals surface area contributed by atoms with E-state index >= 15 is 0 Å². The predicted molar refractivity (Wildman–Crippen MR) is 59.4 cm³/mol. The molecule has 0 spiro atoms. The number of hydrogen-bond acceptors (Lipinski definition) is 3. The molecule has 4 heteroatoms. The highest BCUT2D eigenvalue weighted by Crippen LogP contribution is 2.51. The number of aliphatic carboxylic acids is 1. The number of carboxylic acids is 1. The fraction of sp³-hybridized carbons (Fsp3) is 0.636. The van der Waals surface area contributed by atoms with Crippen LogP contribution in [0.25, 0.3) is 0 Å². The molecule has 1 aliphatic carbocycles. The molecule has 1 heterocycles. The zero-order chi connectivity index (χ0) is 11.1. The van der Waals surface area contributed by atoms with Gasteiger partial charge in [0.2, 0.25) is 0 Å². The molecule has 1 N–H and O–H groups in total. The van der Waals surface area contributed by atoms with Gasteiger partial charge >= 0.3 is 5.97 Å². The number of rotatable bonds is 4. The Labute approximate surface area is 93.2 Å². The van der Waals surface area contributed by atoms with Gasteiger partial charge in [0.1, 0.15) is 0 Å². The lowest BCUT2D eigenvalue weighted by Gasteiger charge is -2.08. The fourth-order valence-corrected chi connectivity index (χ4v) is 2.72. The van der Waals surface area contributed by atoms with Crippen molar-refractivity contribution in [2.75, 3.05) is 0 Å². The molecule has 0 unspecified atom stereocenters. The molecule has 0 aromatic carbocycles. The van der Waals surface area contributed by atoms with Crippen LogP contribution in [0.4, 0.5) is 0 Å². The van der Waals surface area contributed by atoms with E-state index in [1.165, 1.54) is 0 Å². The van der Waals surface area contributed by atoms with E-state index in [2.05, 4.69) is 18.8 Å². The van der Waals surface area contributed by atoms with Gasteiger partial charge in [-0.25, -0.2) is 4.98 Å². The van der Waals surface area contributed by atoms with Gasteiger partial charge in [0.15, 0.2) is 0 Å². The van der Waals surface area contributed by atoms with Crippen LogP contribution in [-0.4, -0.2) is 16.1 Å². The van der Waals surface area contributed by atoms with E-state index < -0.39 is 5.97 Å². The highest BCUT2D eigenvalue weighted by atomic mass is 32.1. The molecule has 3 nitrogen and oxygen atoms in total. The summed E-state index contributed by atoms with van der Waals surface area (Å²) in [6, 6.07) is 0. The summed E-state index contributed by atoms with van der Waals surface area (Å²) < 4.78 is 0.